The smallest absolute Gasteiger partial charge is 0.317 e. The highest BCUT2D eigenvalue weighted by atomic mass is 16.5. The molecule has 3 heterocycles. The lowest BCUT2D eigenvalue weighted by Gasteiger charge is -2.43. The Hall–Kier alpha value is -2.76. The standard InChI is InChI=1S/C22H27N3O3/c1-14(2)23-22(27)24-11-15-10-17(13-24)20-9-8-19(21(26)25(20)12-15)16-4-6-18(28-3)7-5-16/h4-9,14-15,17H,10-13H2,1-3H3,(H,23,27)/t15-,17+/m0/s1. The number of likely N-dealkylation sites (tertiary alicyclic amines) is 1. The molecule has 0 saturated carbocycles. The number of hydrogen-bond donors (Lipinski definition) is 1. The van der Waals surface area contributed by atoms with Crippen molar-refractivity contribution in [3.8, 4) is 16.9 Å². The zero-order chi connectivity index (χ0) is 19.8. The van der Waals surface area contributed by atoms with Gasteiger partial charge in [-0.3, -0.25) is 4.79 Å². The molecule has 0 spiro atoms. The maximum absolute atomic E-state index is 13.2. The summed E-state index contributed by atoms with van der Waals surface area (Å²) >= 11 is 0. The van der Waals surface area contributed by atoms with Crippen molar-refractivity contribution in [3.63, 3.8) is 0 Å². The molecule has 1 N–H and O–H groups in total. The molecular formula is C22H27N3O3. The highest BCUT2D eigenvalue weighted by Crippen LogP contribution is 2.35. The second-order valence-electron chi connectivity index (χ2n) is 8.12. The van der Waals surface area contributed by atoms with Crippen molar-refractivity contribution < 1.29 is 9.53 Å². The number of carbonyl (C=O) groups excluding carboxylic acids is 1. The van der Waals surface area contributed by atoms with Crippen LogP contribution < -0.4 is 15.6 Å². The number of fused-ring (bicyclic) bond motifs is 4. The van der Waals surface area contributed by atoms with Crippen LogP contribution in [0.2, 0.25) is 0 Å². The van der Waals surface area contributed by atoms with E-state index in [2.05, 4.69) is 11.4 Å². The zero-order valence-electron chi connectivity index (χ0n) is 16.6. The molecule has 148 valence electrons. The molecule has 2 aliphatic heterocycles. The minimum Gasteiger partial charge on any atom is -0.497 e. The summed E-state index contributed by atoms with van der Waals surface area (Å²) in [5.41, 5.74) is 2.70. The number of benzene rings is 1. The van der Waals surface area contributed by atoms with Gasteiger partial charge in [-0.05, 0) is 56.0 Å². The number of methoxy groups -OCH3 is 1. The molecule has 2 bridgehead atoms. The normalized spacial score (nSPS) is 20.6. The van der Waals surface area contributed by atoms with Crippen molar-refractivity contribution in [2.24, 2.45) is 5.92 Å². The Kier molecular flexibility index (Phi) is 4.87. The summed E-state index contributed by atoms with van der Waals surface area (Å²) in [6.07, 6.45) is 1.03. The van der Waals surface area contributed by atoms with Gasteiger partial charge in [-0.25, -0.2) is 4.79 Å². The molecule has 6 nitrogen and oxygen atoms in total. The molecule has 1 saturated heterocycles. The number of urea groups is 1. The fraction of sp³-hybridized carbons (Fsp3) is 0.455. The summed E-state index contributed by atoms with van der Waals surface area (Å²) in [5, 5.41) is 2.99. The molecule has 2 aliphatic rings. The number of nitrogens with zero attached hydrogens (tertiary/aromatic N) is 2. The van der Waals surface area contributed by atoms with Crippen LogP contribution in [-0.4, -0.2) is 41.7 Å². The molecular weight excluding hydrogens is 354 g/mol. The molecule has 0 aliphatic carbocycles. The maximum atomic E-state index is 13.2. The highest BCUT2D eigenvalue weighted by Gasteiger charge is 2.36. The van der Waals surface area contributed by atoms with Crippen LogP contribution in [0, 0.1) is 5.92 Å². The lowest BCUT2D eigenvalue weighted by atomic mass is 9.83. The highest BCUT2D eigenvalue weighted by molar-refractivity contribution is 5.74. The molecule has 2 atom stereocenters. The van der Waals surface area contributed by atoms with Crippen molar-refractivity contribution in [3.05, 3.63) is 52.4 Å². The summed E-state index contributed by atoms with van der Waals surface area (Å²) in [4.78, 5) is 27.6. The van der Waals surface area contributed by atoms with Gasteiger partial charge in [-0.15, -0.1) is 0 Å². The largest absolute Gasteiger partial charge is 0.497 e. The molecule has 6 heteroatoms. The van der Waals surface area contributed by atoms with Gasteiger partial charge >= 0.3 is 6.03 Å². The van der Waals surface area contributed by atoms with Crippen LogP contribution in [0.25, 0.3) is 11.1 Å². The quantitative estimate of drug-likeness (QED) is 0.889. The van der Waals surface area contributed by atoms with Crippen molar-refractivity contribution in [2.45, 2.75) is 38.8 Å². The monoisotopic (exact) mass is 381 g/mol. The van der Waals surface area contributed by atoms with Crippen LogP contribution in [0.15, 0.2) is 41.2 Å². The number of ether oxygens (including phenoxy) is 1. The summed E-state index contributed by atoms with van der Waals surface area (Å²) < 4.78 is 7.14. The van der Waals surface area contributed by atoms with Gasteiger partial charge in [0.15, 0.2) is 0 Å². The first kappa shape index (κ1) is 18.6. The molecule has 2 amide bonds. The van der Waals surface area contributed by atoms with E-state index in [1.807, 2.05) is 53.6 Å². The fourth-order valence-electron chi connectivity index (χ4n) is 4.44. The van der Waals surface area contributed by atoms with E-state index >= 15 is 0 Å². The van der Waals surface area contributed by atoms with E-state index < -0.39 is 0 Å². The Balaban J connectivity index is 1.63. The minimum atomic E-state index is -0.00431. The molecule has 1 aromatic heterocycles. The van der Waals surface area contributed by atoms with E-state index in [1.165, 1.54) is 0 Å². The van der Waals surface area contributed by atoms with Gasteiger partial charge in [0.05, 0.1) is 7.11 Å². The Morgan fingerprint density at radius 2 is 1.86 bits per heavy atom. The third-order valence-electron chi connectivity index (χ3n) is 5.70. The Morgan fingerprint density at radius 3 is 2.54 bits per heavy atom. The van der Waals surface area contributed by atoms with E-state index in [9.17, 15) is 9.59 Å². The van der Waals surface area contributed by atoms with E-state index in [-0.39, 0.29) is 23.6 Å². The van der Waals surface area contributed by atoms with Crippen molar-refractivity contribution in [1.29, 1.82) is 0 Å². The number of piperidine rings is 1. The maximum Gasteiger partial charge on any atom is 0.317 e. The number of pyridine rings is 1. The first-order valence-electron chi connectivity index (χ1n) is 9.90. The van der Waals surface area contributed by atoms with Gasteiger partial charge in [-0.2, -0.15) is 0 Å². The Bertz CT molecular complexity index is 933. The Morgan fingerprint density at radius 1 is 1.11 bits per heavy atom. The van der Waals surface area contributed by atoms with E-state index in [0.29, 0.717) is 31.1 Å². The number of carbonyl (C=O) groups is 1. The molecule has 0 radical (unpaired) electrons. The molecule has 4 rings (SSSR count). The van der Waals surface area contributed by atoms with E-state index in [4.69, 9.17) is 4.74 Å². The number of amides is 2. The van der Waals surface area contributed by atoms with Crippen LogP contribution in [-0.2, 0) is 6.54 Å². The second kappa shape index (κ2) is 7.34. The van der Waals surface area contributed by atoms with Gasteiger partial charge < -0.3 is 19.5 Å². The number of aromatic nitrogens is 1. The van der Waals surface area contributed by atoms with Crippen molar-refractivity contribution >= 4 is 6.03 Å². The molecule has 2 aromatic rings. The van der Waals surface area contributed by atoms with Crippen LogP contribution in [0.3, 0.4) is 0 Å². The molecule has 0 unspecified atom stereocenters. The zero-order valence-corrected chi connectivity index (χ0v) is 16.6. The average Bonchev–Trinajstić information content (AvgIpc) is 2.68. The molecule has 1 aromatic carbocycles. The molecule has 28 heavy (non-hydrogen) atoms. The third-order valence-corrected chi connectivity index (χ3v) is 5.70. The summed E-state index contributed by atoms with van der Waals surface area (Å²) in [6.45, 7) is 5.97. The first-order valence-corrected chi connectivity index (χ1v) is 9.90. The van der Waals surface area contributed by atoms with Gasteiger partial charge in [-0.1, -0.05) is 12.1 Å². The van der Waals surface area contributed by atoms with Crippen LogP contribution >= 0.6 is 0 Å². The van der Waals surface area contributed by atoms with Gasteiger partial charge in [0, 0.05) is 42.9 Å². The van der Waals surface area contributed by atoms with Gasteiger partial charge in [0.25, 0.3) is 5.56 Å². The lowest BCUT2D eigenvalue weighted by molar-refractivity contribution is 0.130. The summed E-state index contributed by atoms with van der Waals surface area (Å²) in [6, 6.07) is 11.7. The van der Waals surface area contributed by atoms with Gasteiger partial charge in [0.2, 0.25) is 0 Å². The summed E-state index contributed by atoms with van der Waals surface area (Å²) in [7, 11) is 1.63. The van der Waals surface area contributed by atoms with Crippen molar-refractivity contribution in [1.82, 2.24) is 14.8 Å². The first-order chi connectivity index (χ1) is 13.5. The molecule has 1 fully saturated rings. The van der Waals surface area contributed by atoms with Gasteiger partial charge in [0.1, 0.15) is 5.75 Å². The Labute approximate surface area is 165 Å². The third kappa shape index (κ3) is 3.39. The second-order valence-corrected chi connectivity index (χ2v) is 8.12. The van der Waals surface area contributed by atoms with Crippen LogP contribution in [0.1, 0.15) is 31.9 Å². The van der Waals surface area contributed by atoms with Crippen molar-refractivity contribution in [2.75, 3.05) is 20.2 Å². The lowest BCUT2D eigenvalue weighted by Crippen LogP contribution is -2.52. The SMILES string of the molecule is COc1ccc(-c2ccc3n(c2=O)C[C@H]2C[C@@H]3CN(C(=O)NC(C)C)C2)cc1. The van der Waals surface area contributed by atoms with Crippen LogP contribution in [0.4, 0.5) is 4.79 Å². The predicted molar refractivity (Wildman–Crippen MR) is 109 cm³/mol. The summed E-state index contributed by atoms with van der Waals surface area (Å²) in [5.74, 6) is 1.30. The average molecular weight is 381 g/mol. The predicted octanol–water partition coefficient (Wildman–Crippen LogP) is 3.06. The minimum absolute atomic E-state index is 0.00431. The number of nitrogens with one attached hydrogen (secondary N) is 1. The fourth-order valence-corrected chi connectivity index (χ4v) is 4.44. The van der Waals surface area contributed by atoms with Crippen LogP contribution in [0.5, 0.6) is 5.75 Å². The number of rotatable bonds is 3. The number of hydrogen-bond acceptors (Lipinski definition) is 3. The van der Waals surface area contributed by atoms with E-state index in [1.54, 1.807) is 7.11 Å². The topological polar surface area (TPSA) is 63.6 Å². The van der Waals surface area contributed by atoms with E-state index in [0.717, 1.165) is 23.4 Å².